The van der Waals surface area contributed by atoms with E-state index in [-0.39, 0.29) is 0 Å². The first-order chi connectivity index (χ1) is 5.25. The lowest BCUT2D eigenvalue weighted by Crippen LogP contribution is -2.03. The van der Waals surface area contributed by atoms with Gasteiger partial charge in [-0.05, 0) is 22.9 Å². The number of nitrogens with zero attached hydrogens (tertiary/aromatic N) is 1. The van der Waals surface area contributed by atoms with Crippen molar-refractivity contribution in [2.24, 2.45) is 0 Å². The van der Waals surface area contributed by atoms with Crippen molar-refractivity contribution in [1.82, 2.24) is 4.98 Å². The third-order valence-corrected chi connectivity index (χ3v) is 2.70. The minimum absolute atomic E-state index is 0.477. The molecule has 3 nitrogen and oxygen atoms in total. The normalized spacial score (nSPS) is 13.4. The van der Waals surface area contributed by atoms with E-state index >= 15 is 0 Å². The van der Waals surface area contributed by atoms with Crippen LogP contribution in [0.25, 0.3) is 0 Å². The molecular formula is C6H8BrNO2S. The Morgan fingerprint density at radius 2 is 2.64 bits per heavy atom. The van der Waals surface area contributed by atoms with Gasteiger partial charge in [-0.2, -0.15) is 0 Å². The summed E-state index contributed by atoms with van der Waals surface area (Å²) in [5.41, 5.74) is 2.21. The number of aromatic nitrogens is 1. The van der Waals surface area contributed by atoms with Crippen LogP contribution in [0.2, 0.25) is 0 Å². The number of aliphatic hydroxyl groups excluding tert-OH is 1. The van der Waals surface area contributed by atoms with E-state index < -0.39 is 6.29 Å². The predicted octanol–water partition coefficient (Wildman–Crippen LogP) is 1.93. The molecule has 11 heavy (non-hydrogen) atoms. The van der Waals surface area contributed by atoms with Gasteiger partial charge in [-0.15, -0.1) is 11.3 Å². The molecule has 0 spiro atoms. The Kier molecular flexibility index (Phi) is 3.45. The third-order valence-electron chi connectivity index (χ3n) is 1.11. The zero-order valence-corrected chi connectivity index (χ0v) is 8.35. The van der Waals surface area contributed by atoms with Crippen LogP contribution in [-0.4, -0.2) is 16.7 Å². The standard InChI is InChI=1S/C6H8BrNO2S/c1-2-10-6(9)4-5(7)11-3-8-4/h3,6,9H,2H2,1H3. The molecule has 1 N–H and O–H groups in total. The maximum Gasteiger partial charge on any atom is 0.200 e. The van der Waals surface area contributed by atoms with Gasteiger partial charge >= 0.3 is 0 Å². The number of aliphatic hydroxyl groups is 1. The number of thiazole rings is 1. The van der Waals surface area contributed by atoms with E-state index in [0.29, 0.717) is 12.3 Å². The average Bonchev–Trinajstić information content (AvgIpc) is 2.36. The molecule has 0 radical (unpaired) electrons. The van der Waals surface area contributed by atoms with Crippen LogP contribution in [-0.2, 0) is 4.74 Å². The van der Waals surface area contributed by atoms with Crippen LogP contribution in [0.1, 0.15) is 18.9 Å². The Balaban J connectivity index is 2.67. The van der Waals surface area contributed by atoms with Crippen LogP contribution < -0.4 is 0 Å². The van der Waals surface area contributed by atoms with Crippen LogP contribution in [0.5, 0.6) is 0 Å². The largest absolute Gasteiger partial charge is 0.363 e. The van der Waals surface area contributed by atoms with Gasteiger partial charge in [0.1, 0.15) is 5.69 Å². The Morgan fingerprint density at radius 1 is 1.91 bits per heavy atom. The van der Waals surface area contributed by atoms with Gasteiger partial charge in [-0.25, -0.2) is 4.98 Å². The van der Waals surface area contributed by atoms with Gasteiger partial charge in [-0.1, -0.05) is 0 Å². The highest BCUT2D eigenvalue weighted by Gasteiger charge is 2.13. The summed E-state index contributed by atoms with van der Waals surface area (Å²) in [5.74, 6) is 0. The second-order valence-corrected chi connectivity index (χ2v) is 3.99. The topological polar surface area (TPSA) is 42.4 Å². The van der Waals surface area contributed by atoms with E-state index in [0.717, 1.165) is 3.79 Å². The van der Waals surface area contributed by atoms with E-state index in [1.165, 1.54) is 11.3 Å². The molecule has 0 fully saturated rings. The van der Waals surface area contributed by atoms with Gasteiger partial charge in [-0.3, -0.25) is 0 Å². The second-order valence-electron chi connectivity index (χ2n) is 1.82. The number of rotatable bonds is 3. The monoisotopic (exact) mass is 237 g/mol. The van der Waals surface area contributed by atoms with E-state index in [9.17, 15) is 5.11 Å². The third kappa shape index (κ3) is 2.23. The molecular weight excluding hydrogens is 230 g/mol. The number of hydrogen-bond acceptors (Lipinski definition) is 4. The first-order valence-corrected chi connectivity index (χ1v) is 4.81. The van der Waals surface area contributed by atoms with E-state index in [1.807, 2.05) is 6.92 Å². The molecule has 1 rings (SSSR count). The van der Waals surface area contributed by atoms with Crippen molar-refractivity contribution in [2.45, 2.75) is 13.2 Å². The molecule has 1 atom stereocenters. The molecule has 0 saturated heterocycles. The van der Waals surface area contributed by atoms with Crippen LogP contribution in [0.3, 0.4) is 0 Å². The molecule has 1 aromatic rings. The second kappa shape index (κ2) is 4.15. The van der Waals surface area contributed by atoms with Gasteiger partial charge in [0.15, 0.2) is 0 Å². The SMILES string of the molecule is CCOC(O)c1ncsc1Br. The highest BCUT2D eigenvalue weighted by Crippen LogP contribution is 2.26. The fraction of sp³-hybridized carbons (Fsp3) is 0.500. The molecule has 1 heterocycles. The van der Waals surface area contributed by atoms with Crippen molar-refractivity contribution >= 4 is 27.3 Å². The fourth-order valence-electron chi connectivity index (χ4n) is 0.638. The molecule has 62 valence electrons. The van der Waals surface area contributed by atoms with Crippen molar-refractivity contribution in [2.75, 3.05) is 6.61 Å². The molecule has 0 aliphatic rings. The maximum absolute atomic E-state index is 9.28. The molecule has 0 aliphatic heterocycles. The van der Waals surface area contributed by atoms with Crippen LogP contribution in [0, 0.1) is 0 Å². The lowest BCUT2D eigenvalue weighted by molar-refractivity contribution is -0.101. The van der Waals surface area contributed by atoms with Crippen molar-refractivity contribution < 1.29 is 9.84 Å². The molecule has 1 unspecified atom stereocenters. The molecule has 5 heteroatoms. The summed E-state index contributed by atoms with van der Waals surface area (Å²) in [4.78, 5) is 3.93. The Morgan fingerprint density at radius 3 is 3.09 bits per heavy atom. The minimum atomic E-state index is -0.902. The molecule has 0 saturated carbocycles. The van der Waals surface area contributed by atoms with Gasteiger partial charge in [0.05, 0.1) is 9.30 Å². The molecule has 0 amide bonds. The Labute approximate surface area is 77.2 Å². The molecule has 0 aliphatic carbocycles. The smallest absolute Gasteiger partial charge is 0.200 e. The summed E-state index contributed by atoms with van der Waals surface area (Å²) in [5, 5.41) is 9.28. The summed E-state index contributed by atoms with van der Waals surface area (Å²) in [6, 6.07) is 0. The summed E-state index contributed by atoms with van der Waals surface area (Å²) >= 11 is 4.68. The molecule has 0 aromatic carbocycles. The zero-order valence-electron chi connectivity index (χ0n) is 5.95. The first-order valence-electron chi connectivity index (χ1n) is 3.14. The maximum atomic E-state index is 9.28. The van der Waals surface area contributed by atoms with Crippen LogP contribution in [0.4, 0.5) is 0 Å². The first kappa shape index (κ1) is 9.12. The van der Waals surface area contributed by atoms with Gasteiger partial charge in [0.2, 0.25) is 6.29 Å². The van der Waals surface area contributed by atoms with Gasteiger partial charge < -0.3 is 9.84 Å². The van der Waals surface area contributed by atoms with E-state index in [2.05, 4.69) is 20.9 Å². The quantitative estimate of drug-likeness (QED) is 0.818. The van der Waals surface area contributed by atoms with Gasteiger partial charge in [0, 0.05) is 6.61 Å². The number of ether oxygens (including phenoxy) is 1. The average molecular weight is 238 g/mol. The van der Waals surface area contributed by atoms with Crippen molar-refractivity contribution in [1.29, 1.82) is 0 Å². The predicted molar refractivity (Wildman–Crippen MR) is 46.4 cm³/mol. The van der Waals surface area contributed by atoms with Crippen molar-refractivity contribution in [3.8, 4) is 0 Å². The van der Waals surface area contributed by atoms with Crippen molar-refractivity contribution in [3.05, 3.63) is 15.0 Å². The van der Waals surface area contributed by atoms with Crippen LogP contribution in [0.15, 0.2) is 9.30 Å². The molecule has 0 bridgehead atoms. The fourth-order valence-corrected chi connectivity index (χ4v) is 1.72. The number of halogens is 1. The highest BCUT2D eigenvalue weighted by atomic mass is 79.9. The summed E-state index contributed by atoms with van der Waals surface area (Å²) < 4.78 is 5.75. The van der Waals surface area contributed by atoms with Gasteiger partial charge in [0.25, 0.3) is 0 Å². The summed E-state index contributed by atoms with van der Waals surface area (Å²) in [6.45, 7) is 2.30. The lowest BCUT2D eigenvalue weighted by atomic mass is 10.5. The Hall–Kier alpha value is 0.0300. The highest BCUT2D eigenvalue weighted by molar-refractivity contribution is 9.11. The van der Waals surface area contributed by atoms with Crippen molar-refractivity contribution in [3.63, 3.8) is 0 Å². The summed E-state index contributed by atoms with van der Waals surface area (Å²) in [6.07, 6.45) is -0.902. The number of hydrogen-bond donors (Lipinski definition) is 1. The van der Waals surface area contributed by atoms with E-state index in [4.69, 9.17) is 4.74 Å². The van der Waals surface area contributed by atoms with Crippen LogP contribution >= 0.6 is 27.3 Å². The zero-order chi connectivity index (χ0) is 8.27. The minimum Gasteiger partial charge on any atom is -0.363 e. The van der Waals surface area contributed by atoms with E-state index in [1.54, 1.807) is 5.51 Å². The Bertz CT molecular complexity index is 228. The molecule has 1 aromatic heterocycles. The lowest BCUT2D eigenvalue weighted by Gasteiger charge is -2.06. The summed E-state index contributed by atoms with van der Waals surface area (Å²) in [7, 11) is 0.